The van der Waals surface area contributed by atoms with Crippen molar-refractivity contribution in [2.45, 2.75) is 30.5 Å². The van der Waals surface area contributed by atoms with Crippen LogP contribution < -0.4 is 5.73 Å². The van der Waals surface area contributed by atoms with E-state index in [1.165, 1.54) is 18.9 Å². The number of aryl methyl sites for hydroxylation is 1. The minimum Gasteiger partial charge on any atom is -0.468 e. The molecule has 2 N–H and O–H groups in total. The fraction of sp³-hybridized carbons (Fsp3) is 0.636. The van der Waals surface area contributed by atoms with Gasteiger partial charge in [0.15, 0.2) is 0 Å². The van der Waals surface area contributed by atoms with Crippen molar-refractivity contribution in [1.29, 1.82) is 0 Å². The van der Waals surface area contributed by atoms with Gasteiger partial charge in [0.1, 0.15) is 11.8 Å². The summed E-state index contributed by atoms with van der Waals surface area (Å²) in [5.41, 5.74) is 6.05. The Labute approximate surface area is 104 Å². The molecular weight excluding hydrogens is 240 g/mol. The molecule has 17 heavy (non-hydrogen) atoms. The van der Waals surface area contributed by atoms with Crippen LogP contribution in [0.15, 0.2) is 15.9 Å². The van der Waals surface area contributed by atoms with Gasteiger partial charge in [0.05, 0.1) is 12.8 Å². The second-order valence-corrected chi connectivity index (χ2v) is 5.28. The van der Waals surface area contributed by atoms with E-state index < -0.39 is 5.54 Å². The van der Waals surface area contributed by atoms with E-state index in [9.17, 15) is 4.79 Å². The van der Waals surface area contributed by atoms with Gasteiger partial charge in [0.2, 0.25) is 0 Å². The van der Waals surface area contributed by atoms with E-state index in [4.69, 9.17) is 14.9 Å². The van der Waals surface area contributed by atoms with Crippen molar-refractivity contribution < 1.29 is 13.9 Å². The van der Waals surface area contributed by atoms with E-state index in [0.717, 1.165) is 18.5 Å². The maximum Gasteiger partial charge on any atom is 0.327 e. The Morgan fingerprint density at radius 2 is 2.47 bits per heavy atom. The fourth-order valence-electron chi connectivity index (χ4n) is 1.71. The van der Waals surface area contributed by atoms with Crippen molar-refractivity contribution in [3.05, 3.63) is 12.0 Å². The number of carbonyl (C=O) groups excluding carboxylic acids is 1. The average molecular weight is 256 g/mol. The van der Waals surface area contributed by atoms with Crippen LogP contribution in [0.2, 0.25) is 0 Å². The third-order valence-electron chi connectivity index (χ3n) is 2.90. The standard InChI is InChI=1S/C11H16N2O3S/c1-7-5-16-10(13-7)17-6-11(12,8-3-4-8)9(14)15-2/h5,8H,3-4,6,12H2,1-2H3. The average Bonchev–Trinajstić information content (AvgIpc) is 3.09. The molecule has 0 radical (unpaired) electrons. The van der Waals surface area contributed by atoms with Crippen LogP contribution in [0.25, 0.3) is 0 Å². The minimum atomic E-state index is -0.915. The summed E-state index contributed by atoms with van der Waals surface area (Å²) in [6.45, 7) is 1.85. The lowest BCUT2D eigenvalue weighted by Gasteiger charge is -2.25. The normalized spacial score (nSPS) is 18.8. The quantitative estimate of drug-likeness (QED) is 0.633. The van der Waals surface area contributed by atoms with Crippen molar-refractivity contribution >= 4 is 17.7 Å². The molecule has 1 aliphatic carbocycles. The van der Waals surface area contributed by atoms with E-state index in [2.05, 4.69) is 4.98 Å². The molecule has 1 fully saturated rings. The molecule has 1 aromatic heterocycles. The van der Waals surface area contributed by atoms with Gasteiger partial charge in [-0.05, 0) is 25.7 Å². The van der Waals surface area contributed by atoms with Crippen LogP contribution in [-0.2, 0) is 9.53 Å². The van der Waals surface area contributed by atoms with Crippen LogP contribution in [0, 0.1) is 12.8 Å². The number of methoxy groups -OCH3 is 1. The topological polar surface area (TPSA) is 78.4 Å². The number of thioether (sulfide) groups is 1. The highest BCUT2D eigenvalue weighted by Gasteiger charge is 2.49. The van der Waals surface area contributed by atoms with Crippen molar-refractivity contribution in [1.82, 2.24) is 4.98 Å². The highest BCUT2D eigenvalue weighted by atomic mass is 32.2. The van der Waals surface area contributed by atoms with Gasteiger partial charge in [0, 0.05) is 5.75 Å². The zero-order valence-electron chi connectivity index (χ0n) is 9.93. The number of hydrogen-bond acceptors (Lipinski definition) is 6. The predicted molar refractivity (Wildman–Crippen MR) is 63.6 cm³/mol. The first-order valence-electron chi connectivity index (χ1n) is 5.48. The number of nitrogens with two attached hydrogens (primary N) is 1. The van der Waals surface area contributed by atoms with E-state index in [1.807, 2.05) is 6.92 Å². The molecular formula is C11H16N2O3S. The summed E-state index contributed by atoms with van der Waals surface area (Å²) < 4.78 is 10.00. The van der Waals surface area contributed by atoms with Gasteiger partial charge >= 0.3 is 5.97 Å². The predicted octanol–water partition coefficient (Wildman–Crippen LogP) is 1.36. The van der Waals surface area contributed by atoms with Crippen molar-refractivity contribution in [2.75, 3.05) is 12.9 Å². The molecule has 94 valence electrons. The molecule has 1 unspecified atom stereocenters. The first kappa shape index (κ1) is 12.4. The lowest BCUT2D eigenvalue weighted by Crippen LogP contribution is -2.53. The van der Waals surface area contributed by atoms with Gasteiger partial charge in [-0.1, -0.05) is 11.8 Å². The van der Waals surface area contributed by atoms with Gasteiger partial charge < -0.3 is 14.9 Å². The molecule has 0 spiro atoms. The Morgan fingerprint density at radius 3 is 2.94 bits per heavy atom. The second kappa shape index (κ2) is 4.70. The van der Waals surface area contributed by atoms with Crippen molar-refractivity contribution in [3.8, 4) is 0 Å². The molecule has 6 heteroatoms. The second-order valence-electron chi connectivity index (χ2n) is 4.35. The fourth-order valence-corrected chi connectivity index (χ4v) is 2.75. The third-order valence-corrected chi connectivity index (χ3v) is 3.96. The smallest absolute Gasteiger partial charge is 0.327 e. The van der Waals surface area contributed by atoms with Crippen LogP contribution in [0.1, 0.15) is 18.5 Å². The molecule has 0 saturated heterocycles. The third kappa shape index (κ3) is 2.63. The summed E-state index contributed by atoms with van der Waals surface area (Å²) in [6.07, 6.45) is 3.54. The monoisotopic (exact) mass is 256 g/mol. The van der Waals surface area contributed by atoms with Crippen molar-refractivity contribution in [3.63, 3.8) is 0 Å². The Kier molecular flexibility index (Phi) is 3.44. The van der Waals surface area contributed by atoms with E-state index in [-0.39, 0.29) is 11.9 Å². The molecule has 0 aliphatic heterocycles. The SMILES string of the molecule is COC(=O)C(N)(CSc1nc(C)co1)C1CC1. The number of rotatable bonds is 5. The van der Waals surface area contributed by atoms with Crippen LogP contribution in [0.3, 0.4) is 0 Å². The number of hydrogen-bond donors (Lipinski definition) is 1. The van der Waals surface area contributed by atoms with Gasteiger partial charge in [0.25, 0.3) is 5.22 Å². The molecule has 0 amide bonds. The van der Waals surface area contributed by atoms with Crippen LogP contribution in [-0.4, -0.2) is 29.4 Å². The largest absolute Gasteiger partial charge is 0.468 e. The van der Waals surface area contributed by atoms with Gasteiger partial charge in [-0.25, -0.2) is 4.98 Å². The Balaban J connectivity index is 2.01. The maximum absolute atomic E-state index is 11.7. The molecule has 1 aromatic rings. The number of oxazole rings is 1. The molecule has 2 rings (SSSR count). The summed E-state index contributed by atoms with van der Waals surface area (Å²) in [5.74, 6) is 0.305. The van der Waals surface area contributed by atoms with Crippen LogP contribution in [0.4, 0.5) is 0 Å². The first-order valence-corrected chi connectivity index (χ1v) is 6.47. The Morgan fingerprint density at radius 1 is 1.76 bits per heavy atom. The van der Waals surface area contributed by atoms with Gasteiger partial charge in [-0.2, -0.15) is 0 Å². The maximum atomic E-state index is 11.7. The Hall–Kier alpha value is -1.01. The zero-order chi connectivity index (χ0) is 12.5. The number of ether oxygens (including phenoxy) is 1. The molecule has 0 aromatic carbocycles. The summed E-state index contributed by atoms with van der Waals surface area (Å²) in [7, 11) is 1.37. The summed E-state index contributed by atoms with van der Waals surface area (Å²) in [4.78, 5) is 15.9. The van der Waals surface area contributed by atoms with Crippen LogP contribution in [0.5, 0.6) is 0 Å². The first-order chi connectivity index (χ1) is 8.06. The number of nitrogens with zero attached hydrogens (tertiary/aromatic N) is 1. The van der Waals surface area contributed by atoms with Gasteiger partial charge in [-0.15, -0.1) is 0 Å². The molecule has 1 saturated carbocycles. The molecule has 0 bridgehead atoms. The lowest BCUT2D eigenvalue weighted by molar-refractivity contribution is -0.146. The molecule has 1 aliphatic rings. The van der Waals surface area contributed by atoms with Gasteiger partial charge in [-0.3, -0.25) is 4.79 Å². The molecule has 5 nitrogen and oxygen atoms in total. The lowest BCUT2D eigenvalue weighted by atomic mass is 9.97. The number of esters is 1. The molecule has 1 atom stereocenters. The van der Waals surface area contributed by atoms with E-state index in [0.29, 0.717) is 11.0 Å². The highest BCUT2D eigenvalue weighted by Crippen LogP contribution is 2.41. The van der Waals surface area contributed by atoms with Crippen LogP contribution >= 0.6 is 11.8 Å². The minimum absolute atomic E-state index is 0.221. The van der Waals surface area contributed by atoms with E-state index in [1.54, 1.807) is 6.26 Å². The Bertz CT molecular complexity index is 417. The summed E-state index contributed by atoms with van der Waals surface area (Å²) in [5, 5.41) is 0.543. The number of aromatic nitrogens is 1. The zero-order valence-corrected chi connectivity index (χ0v) is 10.8. The summed E-state index contributed by atoms with van der Waals surface area (Å²) >= 11 is 1.36. The number of carbonyl (C=O) groups is 1. The van der Waals surface area contributed by atoms with Crippen molar-refractivity contribution in [2.24, 2.45) is 11.7 Å². The van der Waals surface area contributed by atoms with E-state index >= 15 is 0 Å². The summed E-state index contributed by atoms with van der Waals surface area (Å²) in [6, 6.07) is 0. The molecule has 1 heterocycles. The highest BCUT2D eigenvalue weighted by molar-refractivity contribution is 7.99.